The Balaban J connectivity index is 1.73. The number of ether oxygens (including phenoxy) is 1. The van der Waals surface area contributed by atoms with Crippen LogP contribution >= 0.6 is 0 Å². The molecule has 2 rings (SSSR count). The van der Waals surface area contributed by atoms with E-state index in [0.717, 1.165) is 18.4 Å². The van der Waals surface area contributed by atoms with Crippen molar-refractivity contribution in [3.63, 3.8) is 0 Å². The Morgan fingerprint density at radius 3 is 2.31 bits per heavy atom. The molecule has 1 atom stereocenters. The van der Waals surface area contributed by atoms with Crippen LogP contribution in [0.2, 0.25) is 0 Å². The van der Waals surface area contributed by atoms with Crippen molar-refractivity contribution in [1.29, 1.82) is 0 Å². The van der Waals surface area contributed by atoms with Gasteiger partial charge in [-0.3, -0.25) is 4.79 Å². The van der Waals surface area contributed by atoms with Crippen LogP contribution in [0.1, 0.15) is 49.5 Å². The van der Waals surface area contributed by atoms with Crippen molar-refractivity contribution in [2.45, 2.75) is 52.2 Å². The Labute approximate surface area is 153 Å². The van der Waals surface area contributed by atoms with Crippen molar-refractivity contribution in [3.8, 4) is 0 Å². The lowest BCUT2D eigenvalue weighted by atomic mass is 10.1. The molecule has 0 unspecified atom stereocenters. The monoisotopic (exact) mass is 361 g/mol. The lowest BCUT2D eigenvalue weighted by Crippen LogP contribution is -2.39. The number of benzene rings is 1. The predicted molar refractivity (Wildman–Crippen MR) is 97.6 cm³/mol. The first-order chi connectivity index (χ1) is 12.3. The Morgan fingerprint density at radius 1 is 1.08 bits per heavy atom. The highest BCUT2D eigenvalue weighted by Crippen LogP contribution is 2.32. The molecular formula is C19H27N3O4. The third-order valence-electron chi connectivity index (χ3n) is 4.11. The molecule has 0 heterocycles. The van der Waals surface area contributed by atoms with E-state index in [1.54, 1.807) is 24.3 Å². The molecule has 1 aliphatic rings. The molecule has 1 fully saturated rings. The van der Waals surface area contributed by atoms with E-state index in [4.69, 9.17) is 4.74 Å². The highest BCUT2D eigenvalue weighted by atomic mass is 16.5. The van der Waals surface area contributed by atoms with Gasteiger partial charge in [0.15, 0.2) is 6.61 Å². The van der Waals surface area contributed by atoms with Gasteiger partial charge in [0.1, 0.15) is 0 Å². The van der Waals surface area contributed by atoms with Crippen molar-refractivity contribution in [3.05, 3.63) is 35.4 Å². The van der Waals surface area contributed by atoms with Gasteiger partial charge < -0.3 is 20.7 Å². The second kappa shape index (κ2) is 9.22. The number of carbonyl (C=O) groups is 3. The molecular weight excluding hydrogens is 334 g/mol. The summed E-state index contributed by atoms with van der Waals surface area (Å²) < 4.78 is 5.04. The topological polar surface area (TPSA) is 96.5 Å². The first-order valence-corrected chi connectivity index (χ1v) is 8.95. The Morgan fingerprint density at radius 2 is 1.73 bits per heavy atom. The predicted octanol–water partition coefficient (Wildman–Crippen LogP) is 1.97. The summed E-state index contributed by atoms with van der Waals surface area (Å²) in [7, 11) is 0. The molecule has 0 bridgehead atoms. The van der Waals surface area contributed by atoms with E-state index in [-0.39, 0.29) is 30.6 Å². The maximum Gasteiger partial charge on any atom is 0.338 e. The Bertz CT molecular complexity index is 639. The van der Waals surface area contributed by atoms with E-state index in [1.165, 1.54) is 0 Å². The molecule has 7 heteroatoms. The standard InChI is InChI=1S/C19H27N3O4/c1-12(2)21-19(25)20-10-14-4-6-16(7-5-14)18(24)26-11-17(23)22-13(3)15-8-9-15/h4-7,12-13,15H,8-11H2,1-3H3,(H,22,23)(H2,20,21,25)/t13-/m1/s1. The number of nitrogens with one attached hydrogen (secondary N) is 3. The fourth-order valence-electron chi connectivity index (χ4n) is 2.48. The summed E-state index contributed by atoms with van der Waals surface area (Å²) in [4.78, 5) is 35.3. The van der Waals surface area contributed by atoms with Gasteiger partial charge in [-0.1, -0.05) is 12.1 Å². The summed E-state index contributed by atoms with van der Waals surface area (Å²) in [5.74, 6) is -0.274. The number of hydrogen-bond donors (Lipinski definition) is 3. The summed E-state index contributed by atoms with van der Waals surface area (Å²) in [6.45, 7) is 5.80. The van der Waals surface area contributed by atoms with Crippen LogP contribution in [0.4, 0.5) is 4.79 Å². The minimum atomic E-state index is -0.545. The zero-order valence-electron chi connectivity index (χ0n) is 15.5. The smallest absolute Gasteiger partial charge is 0.338 e. The minimum absolute atomic E-state index is 0.0663. The van der Waals surface area contributed by atoms with E-state index in [2.05, 4.69) is 16.0 Å². The maximum absolute atomic E-state index is 12.0. The number of rotatable bonds is 8. The van der Waals surface area contributed by atoms with E-state index in [0.29, 0.717) is 18.0 Å². The molecule has 1 aromatic rings. The number of urea groups is 1. The summed E-state index contributed by atoms with van der Waals surface area (Å²) >= 11 is 0. The molecule has 1 aliphatic carbocycles. The maximum atomic E-state index is 12.0. The van der Waals surface area contributed by atoms with Gasteiger partial charge in [0.05, 0.1) is 5.56 Å². The second-order valence-electron chi connectivity index (χ2n) is 6.95. The molecule has 0 aliphatic heterocycles. The fraction of sp³-hybridized carbons (Fsp3) is 0.526. The van der Waals surface area contributed by atoms with Gasteiger partial charge in [0.25, 0.3) is 5.91 Å². The van der Waals surface area contributed by atoms with Gasteiger partial charge in [0, 0.05) is 18.6 Å². The van der Waals surface area contributed by atoms with Crippen molar-refractivity contribution in [2.24, 2.45) is 5.92 Å². The van der Waals surface area contributed by atoms with E-state index < -0.39 is 5.97 Å². The van der Waals surface area contributed by atoms with Crippen LogP contribution in [-0.2, 0) is 16.1 Å². The molecule has 142 valence electrons. The third-order valence-corrected chi connectivity index (χ3v) is 4.11. The summed E-state index contributed by atoms with van der Waals surface area (Å²) in [6, 6.07) is 6.66. The van der Waals surface area contributed by atoms with Crippen LogP contribution in [-0.4, -0.2) is 36.6 Å². The van der Waals surface area contributed by atoms with E-state index >= 15 is 0 Å². The van der Waals surface area contributed by atoms with Gasteiger partial charge in [-0.15, -0.1) is 0 Å². The van der Waals surface area contributed by atoms with Gasteiger partial charge >= 0.3 is 12.0 Å². The van der Waals surface area contributed by atoms with Crippen LogP contribution in [0.5, 0.6) is 0 Å². The van der Waals surface area contributed by atoms with Crippen LogP contribution in [0, 0.1) is 5.92 Å². The van der Waals surface area contributed by atoms with Gasteiger partial charge in [-0.05, 0) is 57.2 Å². The molecule has 0 saturated heterocycles. The molecule has 0 radical (unpaired) electrons. The highest BCUT2D eigenvalue weighted by Gasteiger charge is 2.29. The fourth-order valence-corrected chi connectivity index (χ4v) is 2.48. The number of carbonyl (C=O) groups excluding carboxylic acids is 3. The van der Waals surface area contributed by atoms with Crippen LogP contribution < -0.4 is 16.0 Å². The normalized spacial score (nSPS) is 14.5. The minimum Gasteiger partial charge on any atom is -0.452 e. The quantitative estimate of drug-likeness (QED) is 0.617. The number of esters is 1. The largest absolute Gasteiger partial charge is 0.452 e. The molecule has 3 amide bonds. The van der Waals surface area contributed by atoms with Crippen LogP contribution in [0.25, 0.3) is 0 Å². The lowest BCUT2D eigenvalue weighted by Gasteiger charge is -2.13. The molecule has 0 aromatic heterocycles. The molecule has 0 spiro atoms. The molecule has 3 N–H and O–H groups in total. The average Bonchev–Trinajstić information content (AvgIpc) is 3.43. The Hall–Kier alpha value is -2.57. The van der Waals surface area contributed by atoms with Crippen LogP contribution in [0.15, 0.2) is 24.3 Å². The number of hydrogen-bond acceptors (Lipinski definition) is 4. The van der Waals surface area contributed by atoms with Gasteiger partial charge in [-0.25, -0.2) is 9.59 Å². The van der Waals surface area contributed by atoms with Crippen molar-refractivity contribution < 1.29 is 19.1 Å². The van der Waals surface area contributed by atoms with Crippen molar-refractivity contribution in [1.82, 2.24) is 16.0 Å². The summed E-state index contributed by atoms with van der Waals surface area (Å²) in [5, 5.41) is 8.30. The first-order valence-electron chi connectivity index (χ1n) is 8.95. The van der Waals surface area contributed by atoms with Crippen molar-refractivity contribution in [2.75, 3.05) is 6.61 Å². The second-order valence-corrected chi connectivity index (χ2v) is 6.95. The third kappa shape index (κ3) is 6.74. The molecule has 7 nitrogen and oxygen atoms in total. The Kier molecular flexibility index (Phi) is 7.00. The zero-order valence-corrected chi connectivity index (χ0v) is 15.5. The van der Waals surface area contributed by atoms with Crippen LogP contribution in [0.3, 0.4) is 0 Å². The highest BCUT2D eigenvalue weighted by molar-refractivity contribution is 5.91. The zero-order chi connectivity index (χ0) is 19.1. The average molecular weight is 361 g/mol. The first kappa shape index (κ1) is 19.8. The van der Waals surface area contributed by atoms with E-state index in [1.807, 2.05) is 20.8 Å². The molecule has 1 saturated carbocycles. The molecule has 26 heavy (non-hydrogen) atoms. The van der Waals surface area contributed by atoms with Crippen molar-refractivity contribution >= 4 is 17.9 Å². The molecule has 1 aromatic carbocycles. The summed E-state index contributed by atoms with van der Waals surface area (Å²) in [5.41, 5.74) is 1.22. The SMILES string of the molecule is CC(C)NC(=O)NCc1ccc(C(=O)OCC(=O)N[C@H](C)C2CC2)cc1. The summed E-state index contributed by atoms with van der Waals surface area (Å²) in [6.07, 6.45) is 2.28. The lowest BCUT2D eigenvalue weighted by molar-refractivity contribution is -0.124. The van der Waals surface area contributed by atoms with E-state index in [9.17, 15) is 14.4 Å². The van der Waals surface area contributed by atoms with Gasteiger partial charge in [-0.2, -0.15) is 0 Å². The van der Waals surface area contributed by atoms with Gasteiger partial charge in [0.2, 0.25) is 0 Å². The number of amides is 3.